The van der Waals surface area contributed by atoms with E-state index in [1.165, 1.54) is 0 Å². The van der Waals surface area contributed by atoms with Gasteiger partial charge in [0.05, 0.1) is 17.8 Å². The number of para-hydroxylation sites is 1. The lowest BCUT2D eigenvalue weighted by Gasteiger charge is -2.13. The number of nitrogens with one attached hydrogen (secondary N) is 1. The molecule has 1 aromatic carbocycles. The maximum atomic E-state index is 10.4. The first-order valence-electron chi connectivity index (χ1n) is 8.28. The van der Waals surface area contributed by atoms with Crippen molar-refractivity contribution >= 4 is 16.7 Å². The van der Waals surface area contributed by atoms with E-state index in [4.69, 9.17) is 0 Å². The van der Waals surface area contributed by atoms with Gasteiger partial charge < -0.3 is 10.4 Å². The van der Waals surface area contributed by atoms with Crippen LogP contribution in [-0.2, 0) is 7.05 Å². The predicted octanol–water partition coefficient (Wildman–Crippen LogP) is 2.57. The lowest BCUT2D eigenvalue weighted by Crippen LogP contribution is -2.13. The molecule has 0 aliphatic heterocycles. The molecule has 7 nitrogen and oxygen atoms in total. The van der Waals surface area contributed by atoms with Crippen LogP contribution < -0.4 is 5.32 Å². The fraction of sp³-hybridized carbons (Fsp3) is 0.158. The second-order valence-electron chi connectivity index (χ2n) is 5.99. The minimum atomic E-state index is -0.679. The Morgan fingerprint density at radius 1 is 1.12 bits per heavy atom. The molecule has 4 aromatic rings. The molecule has 0 saturated heterocycles. The fourth-order valence-electron chi connectivity index (χ4n) is 2.76. The summed E-state index contributed by atoms with van der Waals surface area (Å²) >= 11 is 0. The van der Waals surface area contributed by atoms with Crippen LogP contribution in [0.1, 0.15) is 11.7 Å². The van der Waals surface area contributed by atoms with E-state index >= 15 is 0 Å². The van der Waals surface area contributed by atoms with E-state index in [9.17, 15) is 5.11 Å². The van der Waals surface area contributed by atoms with Crippen LogP contribution in [0.2, 0.25) is 0 Å². The Hall–Kier alpha value is -3.32. The van der Waals surface area contributed by atoms with Crippen molar-refractivity contribution in [1.82, 2.24) is 24.7 Å². The molecule has 26 heavy (non-hydrogen) atoms. The quantitative estimate of drug-likeness (QED) is 0.577. The first-order valence-corrected chi connectivity index (χ1v) is 8.28. The molecular formula is C19H18N6O. The smallest absolute Gasteiger partial charge is 0.162 e. The van der Waals surface area contributed by atoms with Crippen molar-refractivity contribution < 1.29 is 5.11 Å². The topological polar surface area (TPSA) is 88.8 Å². The van der Waals surface area contributed by atoms with Gasteiger partial charge in [0.2, 0.25) is 0 Å². The number of benzene rings is 1. The number of aliphatic hydroxyl groups excluding tert-OH is 1. The van der Waals surface area contributed by atoms with E-state index in [2.05, 4.69) is 25.4 Å². The molecule has 0 aliphatic carbocycles. The number of fused-ring (bicyclic) bond motifs is 1. The predicted molar refractivity (Wildman–Crippen MR) is 99.4 cm³/mol. The summed E-state index contributed by atoms with van der Waals surface area (Å²) in [5.41, 5.74) is 2.49. The largest absolute Gasteiger partial charge is 0.386 e. The van der Waals surface area contributed by atoms with Crippen LogP contribution in [-0.4, -0.2) is 36.4 Å². The van der Waals surface area contributed by atoms with Crippen LogP contribution in [0.3, 0.4) is 0 Å². The molecule has 0 bridgehead atoms. The number of aryl methyl sites for hydroxylation is 1. The van der Waals surface area contributed by atoms with Crippen LogP contribution in [0.4, 0.5) is 5.82 Å². The molecule has 7 heteroatoms. The van der Waals surface area contributed by atoms with Gasteiger partial charge >= 0.3 is 0 Å². The van der Waals surface area contributed by atoms with Gasteiger partial charge in [0.25, 0.3) is 0 Å². The van der Waals surface area contributed by atoms with Gasteiger partial charge in [-0.15, -0.1) is 0 Å². The van der Waals surface area contributed by atoms with Gasteiger partial charge in [0, 0.05) is 48.7 Å². The van der Waals surface area contributed by atoms with Gasteiger partial charge in [0.15, 0.2) is 5.82 Å². The second kappa shape index (κ2) is 6.89. The maximum Gasteiger partial charge on any atom is 0.162 e. The highest BCUT2D eigenvalue weighted by molar-refractivity contribution is 5.90. The monoisotopic (exact) mass is 346 g/mol. The van der Waals surface area contributed by atoms with Crippen LogP contribution in [0.5, 0.6) is 0 Å². The number of hydrogen-bond acceptors (Lipinski definition) is 6. The third kappa shape index (κ3) is 3.25. The average molecular weight is 346 g/mol. The van der Waals surface area contributed by atoms with Crippen molar-refractivity contribution in [3.63, 3.8) is 0 Å². The number of pyridine rings is 1. The minimum absolute atomic E-state index is 0.322. The summed E-state index contributed by atoms with van der Waals surface area (Å²) in [7, 11) is 1.82. The van der Waals surface area contributed by atoms with Gasteiger partial charge in [-0.25, -0.2) is 9.97 Å². The fourth-order valence-corrected chi connectivity index (χ4v) is 2.76. The van der Waals surface area contributed by atoms with Gasteiger partial charge in [-0.1, -0.05) is 12.1 Å². The van der Waals surface area contributed by atoms with Crippen LogP contribution in [0.15, 0.2) is 61.2 Å². The molecule has 0 radical (unpaired) electrons. The van der Waals surface area contributed by atoms with Crippen LogP contribution in [0, 0.1) is 0 Å². The van der Waals surface area contributed by atoms with E-state index in [1.807, 2.05) is 43.4 Å². The summed E-state index contributed by atoms with van der Waals surface area (Å²) in [5.74, 6) is 1.30. The SMILES string of the molecule is Cn1cc(C(O)CNc2nc(-c3ccncc3)nc3ccccc23)cn1. The molecule has 0 amide bonds. The van der Waals surface area contributed by atoms with Crippen molar-refractivity contribution in [2.75, 3.05) is 11.9 Å². The molecule has 0 aliphatic rings. The molecule has 1 atom stereocenters. The van der Waals surface area contributed by atoms with Gasteiger partial charge in [0.1, 0.15) is 5.82 Å². The number of hydrogen-bond donors (Lipinski definition) is 2. The summed E-state index contributed by atoms with van der Waals surface area (Å²) in [6.45, 7) is 0.322. The number of nitrogens with zero attached hydrogens (tertiary/aromatic N) is 5. The highest BCUT2D eigenvalue weighted by Crippen LogP contribution is 2.25. The zero-order valence-electron chi connectivity index (χ0n) is 14.2. The number of aliphatic hydroxyl groups is 1. The molecule has 0 saturated carbocycles. The summed E-state index contributed by atoms with van der Waals surface area (Å²) in [6, 6.07) is 11.5. The van der Waals surface area contributed by atoms with Crippen molar-refractivity contribution in [2.45, 2.75) is 6.10 Å². The van der Waals surface area contributed by atoms with E-state index in [-0.39, 0.29) is 0 Å². The Labute approximate surface area is 150 Å². The van der Waals surface area contributed by atoms with Crippen LogP contribution in [0.25, 0.3) is 22.3 Å². The normalized spacial score (nSPS) is 12.2. The molecule has 0 spiro atoms. The molecule has 130 valence electrons. The summed E-state index contributed by atoms with van der Waals surface area (Å²) in [4.78, 5) is 13.3. The highest BCUT2D eigenvalue weighted by atomic mass is 16.3. The maximum absolute atomic E-state index is 10.4. The second-order valence-corrected chi connectivity index (χ2v) is 5.99. The number of rotatable bonds is 5. The lowest BCUT2D eigenvalue weighted by atomic mass is 10.2. The molecule has 3 aromatic heterocycles. The number of aromatic nitrogens is 5. The molecule has 4 rings (SSSR count). The van der Waals surface area contributed by atoms with Gasteiger partial charge in [-0.2, -0.15) is 5.10 Å². The van der Waals surface area contributed by atoms with Crippen molar-refractivity contribution in [1.29, 1.82) is 0 Å². The standard InChI is InChI=1S/C19H18N6O/c1-25-12-14(10-22-25)17(26)11-21-19-15-4-2-3-5-16(15)23-18(24-19)13-6-8-20-9-7-13/h2-10,12,17,26H,11H2,1H3,(H,21,23,24). The minimum Gasteiger partial charge on any atom is -0.386 e. The van der Waals surface area contributed by atoms with E-state index in [0.29, 0.717) is 18.2 Å². The first kappa shape index (κ1) is 16.2. The van der Waals surface area contributed by atoms with E-state index in [1.54, 1.807) is 29.5 Å². The lowest BCUT2D eigenvalue weighted by molar-refractivity contribution is 0.191. The zero-order chi connectivity index (χ0) is 17.9. The average Bonchev–Trinajstić information content (AvgIpc) is 3.13. The van der Waals surface area contributed by atoms with Crippen molar-refractivity contribution in [3.05, 3.63) is 66.7 Å². The summed E-state index contributed by atoms with van der Waals surface area (Å²) in [6.07, 6.45) is 6.21. The molecule has 2 N–H and O–H groups in total. The molecule has 0 fully saturated rings. The Bertz CT molecular complexity index is 1030. The third-order valence-corrected chi connectivity index (χ3v) is 4.11. The Morgan fingerprint density at radius 3 is 2.69 bits per heavy atom. The Morgan fingerprint density at radius 2 is 1.92 bits per heavy atom. The van der Waals surface area contributed by atoms with E-state index < -0.39 is 6.10 Å². The molecule has 3 heterocycles. The number of anilines is 1. The van der Waals surface area contributed by atoms with E-state index in [0.717, 1.165) is 22.0 Å². The highest BCUT2D eigenvalue weighted by Gasteiger charge is 2.13. The van der Waals surface area contributed by atoms with Crippen molar-refractivity contribution in [3.8, 4) is 11.4 Å². The van der Waals surface area contributed by atoms with Gasteiger partial charge in [-0.3, -0.25) is 9.67 Å². The molecule has 1 unspecified atom stereocenters. The van der Waals surface area contributed by atoms with Gasteiger partial charge in [-0.05, 0) is 24.3 Å². The Kier molecular flexibility index (Phi) is 4.28. The molecular weight excluding hydrogens is 328 g/mol. The summed E-state index contributed by atoms with van der Waals surface area (Å²) < 4.78 is 1.67. The van der Waals surface area contributed by atoms with Crippen LogP contribution >= 0.6 is 0 Å². The first-order chi connectivity index (χ1) is 12.7. The Balaban J connectivity index is 1.67. The zero-order valence-corrected chi connectivity index (χ0v) is 14.2. The summed E-state index contributed by atoms with van der Waals surface area (Å²) in [5, 5.41) is 18.6. The van der Waals surface area contributed by atoms with Crippen molar-refractivity contribution in [2.24, 2.45) is 7.05 Å². The third-order valence-electron chi connectivity index (χ3n) is 4.11.